The standard InChI is InChI=1S/C20H32/c1-7-16(2)10-8-11-17(3)13-14-19-18(4)12-9-15-20(19,5)6/h7,11,19H,1-2,4,8-10,12-15H2,3,5-6H3. The molecule has 0 aromatic heterocycles. The van der Waals surface area contributed by atoms with Gasteiger partial charge in [-0.15, -0.1) is 0 Å². The van der Waals surface area contributed by atoms with Crippen molar-refractivity contribution in [3.05, 3.63) is 48.6 Å². The van der Waals surface area contributed by atoms with Gasteiger partial charge in [0.25, 0.3) is 0 Å². The number of hydrogen-bond acceptors (Lipinski definition) is 0. The third kappa shape index (κ3) is 5.15. The van der Waals surface area contributed by atoms with Gasteiger partial charge in [0.15, 0.2) is 0 Å². The number of allylic oxidation sites excluding steroid dienone is 5. The summed E-state index contributed by atoms with van der Waals surface area (Å²) in [5.74, 6) is 0.697. The van der Waals surface area contributed by atoms with Gasteiger partial charge in [-0.2, -0.15) is 0 Å². The summed E-state index contributed by atoms with van der Waals surface area (Å²) in [6.07, 6.45) is 12.7. The molecule has 1 aliphatic rings. The first-order valence-corrected chi connectivity index (χ1v) is 8.00. The van der Waals surface area contributed by atoms with Crippen molar-refractivity contribution in [1.82, 2.24) is 0 Å². The molecule has 0 bridgehead atoms. The molecule has 0 spiro atoms. The smallest absolute Gasteiger partial charge is 0.0152 e. The highest BCUT2D eigenvalue weighted by molar-refractivity contribution is 5.13. The van der Waals surface area contributed by atoms with Crippen molar-refractivity contribution in [2.24, 2.45) is 11.3 Å². The minimum Gasteiger partial charge on any atom is -0.0996 e. The van der Waals surface area contributed by atoms with Crippen LogP contribution in [0.5, 0.6) is 0 Å². The van der Waals surface area contributed by atoms with E-state index < -0.39 is 0 Å². The van der Waals surface area contributed by atoms with Crippen LogP contribution in [0.3, 0.4) is 0 Å². The Morgan fingerprint density at radius 1 is 1.35 bits per heavy atom. The van der Waals surface area contributed by atoms with E-state index in [-0.39, 0.29) is 0 Å². The van der Waals surface area contributed by atoms with Gasteiger partial charge < -0.3 is 0 Å². The Labute approximate surface area is 126 Å². The second kappa shape index (κ2) is 7.67. The van der Waals surface area contributed by atoms with Crippen molar-refractivity contribution < 1.29 is 0 Å². The van der Waals surface area contributed by atoms with Crippen LogP contribution in [0.4, 0.5) is 0 Å². The van der Waals surface area contributed by atoms with Crippen LogP contribution in [-0.4, -0.2) is 0 Å². The van der Waals surface area contributed by atoms with E-state index in [1.807, 2.05) is 6.08 Å². The first-order valence-electron chi connectivity index (χ1n) is 8.00. The van der Waals surface area contributed by atoms with Crippen molar-refractivity contribution in [2.75, 3.05) is 0 Å². The summed E-state index contributed by atoms with van der Waals surface area (Å²) in [6, 6.07) is 0. The van der Waals surface area contributed by atoms with E-state index >= 15 is 0 Å². The molecule has 1 aliphatic carbocycles. The molecule has 0 amide bonds. The Morgan fingerprint density at radius 3 is 2.65 bits per heavy atom. The van der Waals surface area contributed by atoms with Crippen molar-refractivity contribution in [2.45, 2.75) is 65.7 Å². The van der Waals surface area contributed by atoms with Gasteiger partial charge in [-0.1, -0.05) is 62.5 Å². The zero-order valence-electron chi connectivity index (χ0n) is 13.8. The van der Waals surface area contributed by atoms with E-state index in [0.29, 0.717) is 11.3 Å². The van der Waals surface area contributed by atoms with E-state index in [4.69, 9.17) is 0 Å². The van der Waals surface area contributed by atoms with Crippen LogP contribution in [0.15, 0.2) is 48.6 Å². The monoisotopic (exact) mass is 272 g/mol. The minimum atomic E-state index is 0.437. The van der Waals surface area contributed by atoms with E-state index in [1.165, 1.54) is 43.3 Å². The van der Waals surface area contributed by atoms with Crippen LogP contribution in [0, 0.1) is 11.3 Å². The molecule has 1 atom stereocenters. The van der Waals surface area contributed by atoms with Gasteiger partial charge in [0.05, 0.1) is 0 Å². The average Bonchev–Trinajstić information content (AvgIpc) is 2.37. The second-order valence-electron chi connectivity index (χ2n) is 7.04. The largest absolute Gasteiger partial charge is 0.0996 e. The van der Waals surface area contributed by atoms with Crippen molar-refractivity contribution in [3.8, 4) is 0 Å². The highest BCUT2D eigenvalue weighted by Crippen LogP contribution is 2.45. The highest BCUT2D eigenvalue weighted by Gasteiger charge is 2.33. The summed E-state index contributed by atoms with van der Waals surface area (Å²) in [7, 11) is 0. The summed E-state index contributed by atoms with van der Waals surface area (Å²) < 4.78 is 0. The lowest BCUT2D eigenvalue weighted by Gasteiger charge is -2.40. The third-order valence-corrected chi connectivity index (χ3v) is 4.83. The molecule has 0 N–H and O–H groups in total. The predicted octanol–water partition coefficient (Wildman–Crippen LogP) is 6.62. The van der Waals surface area contributed by atoms with Gasteiger partial charge in [-0.05, 0) is 63.2 Å². The van der Waals surface area contributed by atoms with E-state index in [9.17, 15) is 0 Å². The van der Waals surface area contributed by atoms with E-state index in [0.717, 1.165) is 18.4 Å². The molecule has 1 unspecified atom stereocenters. The first kappa shape index (κ1) is 17.0. The Bertz CT molecular complexity index is 392. The quantitative estimate of drug-likeness (QED) is 0.361. The van der Waals surface area contributed by atoms with Crippen molar-refractivity contribution >= 4 is 0 Å². The molecule has 0 aromatic rings. The maximum Gasteiger partial charge on any atom is -0.0152 e. The van der Waals surface area contributed by atoms with E-state index in [1.54, 1.807) is 0 Å². The topological polar surface area (TPSA) is 0 Å². The molecule has 1 rings (SSSR count). The third-order valence-electron chi connectivity index (χ3n) is 4.83. The van der Waals surface area contributed by atoms with E-state index in [2.05, 4.69) is 46.6 Å². The predicted molar refractivity (Wildman–Crippen MR) is 91.8 cm³/mol. The normalized spacial score (nSPS) is 22.6. The lowest BCUT2D eigenvalue weighted by Crippen LogP contribution is -2.29. The van der Waals surface area contributed by atoms with Crippen LogP contribution in [0.25, 0.3) is 0 Å². The van der Waals surface area contributed by atoms with Crippen LogP contribution >= 0.6 is 0 Å². The molecule has 0 heterocycles. The van der Waals surface area contributed by atoms with Gasteiger partial charge in [0.1, 0.15) is 0 Å². The molecule has 20 heavy (non-hydrogen) atoms. The fourth-order valence-corrected chi connectivity index (χ4v) is 3.35. The average molecular weight is 272 g/mol. The van der Waals surface area contributed by atoms with Gasteiger partial charge in [0.2, 0.25) is 0 Å². The molecule has 0 aromatic carbocycles. The molecule has 1 saturated carbocycles. The molecule has 0 nitrogen and oxygen atoms in total. The summed E-state index contributed by atoms with van der Waals surface area (Å²) in [5, 5.41) is 0. The highest BCUT2D eigenvalue weighted by atomic mass is 14.4. The van der Waals surface area contributed by atoms with Crippen LogP contribution in [0.2, 0.25) is 0 Å². The maximum absolute atomic E-state index is 4.32. The minimum absolute atomic E-state index is 0.437. The molecular weight excluding hydrogens is 240 g/mol. The van der Waals surface area contributed by atoms with Crippen LogP contribution in [-0.2, 0) is 0 Å². The fourth-order valence-electron chi connectivity index (χ4n) is 3.35. The summed E-state index contributed by atoms with van der Waals surface area (Å²) in [6.45, 7) is 19.1. The van der Waals surface area contributed by atoms with Gasteiger partial charge >= 0.3 is 0 Å². The van der Waals surface area contributed by atoms with Gasteiger partial charge in [-0.3, -0.25) is 0 Å². The van der Waals surface area contributed by atoms with Crippen LogP contribution < -0.4 is 0 Å². The molecule has 0 heteroatoms. The fraction of sp³-hybridized carbons (Fsp3) is 0.600. The van der Waals surface area contributed by atoms with Gasteiger partial charge in [-0.25, -0.2) is 0 Å². The van der Waals surface area contributed by atoms with Crippen LogP contribution in [0.1, 0.15) is 65.7 Å². The van der Waals surface area contributed by atoms with Gasteiger partial charge in [0, 0.05) is 0 Å². The molecule has 1 fully saturated rings. The SMILES string of the molecule is C=CC(=C)CCC=C(C)CCC1C(=C)CCCC1(C)C. The summed E-state index contributed by atoms with van der Waals surface area (Å²) >= 11 is 0. The first-order chi connectivity index (χ1) is 9.36. The lowest BCUT2D eigenvalue weighted by atomic mass is 9.65. The Balaban J connectivity index is 2.44. The summed E-state index contributed by atoms with van der Waals surface area (Å²) in [5.41, 5.74) is 4.56. The molecular formula is C20H32. The van der Waals surface area contributed by atoms with Crippen molar-refractivity contribution in [1.29, 1.82) is 0 Å². The zero-order valence-corrected chi connectivity index (χ0v) is 13.8. The Hall–Kier alpha value is -1.04. The lowest BCUT2D eigenvalue weighted by molar-refractivity contribution is 0.180. The van der Waals surface area contributed by atoms with Crippen molar-refractivity contribution in [3.63, 3.8) is 0 Å². The second-order valence-corrected chi connectivity index (χ2v) is 7.04. The number of rotatable bonds is 7. The number of hydrogen-bond donors (Lipinski definition) is 0. The zero-order chi connectivity index (χ0) is 15.2. The maximum atomic E-state index is 4.32. The summed E-state index contributed by atoms with van der Waals surface area (Å²) in [4.78, 5) is 0. The molecule has 0 radical (unpaired) electrons. The molecule has 112 valence electrons. The molecule has 0 saturated heterocycles. The Kier molecular flexibility index (Phi) is 6.52. The molecule has 0 aliphatic heterocycles. The Morgan fingerprint density at radius 2 is 2.05 bits per heavy atom.